The Hall–Kier alpha value is -1.07. The van der Waals surface area contributed by atoms with E-state index in [4.69, 9.17) is 5.73 Å². The van der Waals surface area contributed by atoms with Gasteiger partial charge in [0, 0.05) is 6.04 Å². The molecule has 18 heavy (non-hydrogen) atoms. The van der Waals surface area contributed by atoms with Crippen LogP contribution in [0.25, 0.3) is 0 Å². The molecule has 0 spiro atoms. The molecule has 0 bridgehead atoms. The number of aliphatic hydroxyl groups is 1. The van der Waals surface area contributed by atoms with Crippen LogP contribution in [0.15, 0.2) is 24.3 Å². The van der Waals surface area contributed by atoms with Gasteiger partial charge in [-0.15, -0.1) is 0 Å². The van der Waals surface area contributed by atoms with Crippen molar-refractivity contribution < 1.29 is 18.3 Å². The van der Waals surface area contributed by atoms with Gasteiger partial charge in [0.1, 0.15) is 0 Å². The van der Waals surface area contributed by atoms with E-state index in [2.05, 4.69) is 0 Å². The zero-order valence-electron chi connectivity index (χ0n) is 10.4. The highest BCUT2D eigenvalue weighted by Crippen LogP contribution is 2.35. The van der Waals surface area contributed by atoms with Gasteiger partial charge in [0.05, 0.1) is 11.7 Å². The highest BCUT2D eigenvalue weighted by molar-refractivity contribution is 5.32. The lowest BCUT2D eigenvalue weighted by Crippen LogP contribution is -2.31. The Morgan fingerprint density at radius 3 is 2.28 bits per heavy atom. The summed E-state index contributed by atoms with van der Waals surface area (Å²) in [4.78, 5) is 0. The number of alkyl halides is 3. The Bertz CT molecular complexity index is 390. The summed E-state index contributed by atoms with van der Waals surface area (Å²) >= 11 is 0. The molecule has 0 aliphatic carbocycles. The first kappa shape index (κ1) is 15.0. The summed E-state index contributed by atoms with van der Waals surface area (Å²) in [6.45, 7) is 3.81. The second-order valence-electron chi connectivity index (χ2n) is 4.82. The van der Waals surface area contributed by atoms with E-state index in [0.29, 0.717) is 6.42 Å². The molecule has 0 saturated heterocycles. The van der Waals surface area contributed by atoms with Gasteiger partial charge in [-0.05, 0) is 24.0 Å². The van der Waals surface area contributed by atoms with Crippen LogP contribution in [0.2, 0.25) is 0 Å². The van der Waals surface area contributed by atoms with E-state index < -0.39 is 23.9 Å². The Labute approximate surface area is 105 Å². The van der Waals surface area contributed by atoms with Gasteiger partial charge >= 0.3 is 6.18 Å². The summed E-state index contributed by atoms with van der Waals surface area (Å²) in [6, 6.07) is 4.30. The Morgan fingerprint density at radius 1 is 1.22 bits per heavy atom. The smallest absolute Gasteiger partial charge is 0.387 e. The minimum absolute atomic E-state index is 0.154. The lowest BCUT2D eigenvalue weighted by Gasteiger charge is -2.23. The number of aliphatic hydroxyl groups excluding tert-OH is 1. The van der Waals surface area contributed by atoms with Gasteiger partial charge in [0.2, 0.25) is 0 Å². The van der Waals surface area contributed by atoms with Crippen LogP contribution >= 0.6 is 0 Å². The molecule has 1 aromatic carbocycles. The fraction of sp³-hybridized carbons (Fsp3) is 0.538. The summed E-state index contributed by atoms with van der Waals surface area (Å²) < 4.78 is 38.3. The molecule has 0 radical (unpaired) electrons. The monoisotopic (exact) mass is 261 g/mol. The van der Waals surface area contributed by atoms with Crippen LogP contribution in [0.5, 0.6) is 0 Å². The second kappa shape index (κ2) is 5.71. The van der Waals surface area contributed by atoms with Crippen LogP contribution in [0.4, 0.5) is 13.2 Å². The van der Waals surface area contributed by atoms with Crippen molar-refractivity contribution in [3.63, 3.8) is 0 Å². The molecule has 0 fully saturated rings. The molecule has 0 heterocycles. The molecule has 3 N–H and O–H groups in total. The number of rotatable bonds is 4. The topological polar surface area (TPSA) is 46.2 Å². The molecule has 1 rings (SSSR count). The van der Waals surface area contributed by atoms with E-state index in [1.807, 2.05) is 13.8 Å². The molecule has 5 heteroatoms. The van der Waals surface area contributed by atoms with Gasteiger partial charge in [-0.1, -0.05) is 32.0 Å². The maximum atomic E-state index is 12.8. The van der Waals surface area contributed by atoms with Crippen LogP contribution in [0.3, 0.4) is 0 Å². The molecule has 102 valence electrons. The summed E-state index contributed by atoms with van der Waals surface area (Å²) in [5.41, 5.74) is 4.77. The fourth-order valence-electron chi connectivity index (χ4n) is 1.92. The van der Waals surface area contributed by atoms with Crippen LogP contribution in [0, 0.1) is 5.92 Å². The minimum atomic E-state index is -4.48. The van der Waals surface area contributed by atoms with E-state index in [1.165, 1.54) is 18.2 Å². The van der Waals surface area contributed by atoms with Crippen molar-refractivity contribution in [2.75, 3.05) is 0 Å². The largest absolute Gasteiger partial charge is 0.416 e. The third-order valence-corrected chi connectivity index (χ3v) is 2.73. The van der Waals surface area contributed by atoms with Gasteiger partial charge in [0.25, 0.3) is 0 Å². The van der Waals surface area contributed by atoms with Crippen molar-refractivity contribution in [3.8, 4) is 0 Å². The SMILES string of the molecule is CC(C)CC(N)C(O)c1ccccc1C(F)(F)F. The van der Waals surface area contributed by atoms with Crippen molar-refractivity contribution in [3.05, 3.63) is 35.4 Å². The first-order valence-corrected chi connectivity index (χ1v) is 5.83. The van der Waals surface area contributed by atoms with E-state index in [1.54, 1.807) is 0 Å². The molecule has 0 amide bonds. The van der Waals surface area contributed by atoms with Crippen molar-refractivity contribution in [2.45, 2.75) is 38.6 Å². The fourth-order valence-corrected chi connectivity index (χ4v) is 1.92. The maximum Gasteiger partial charge on any atom is 0.416 e. The summed E-state index contributed by atoms with van der Waals surface area (Å²) in [5, 5.41) is 9.96. The summed E-state index contributed by atoms with van der Waals surface area (Å²) in [5.74, 6) is 0.215. The number of benzene rings is 1. The van der Waals surface area contributed by atoms with Gasteiger partial charge in [-0.25, -0.2) is 0 Å². The Balaban J connectivity index is 3.02. The number of hydrogen-bond donors (Lipinski definition) is 2. The van der Waals surface area contributed by atoms with Crippen LogP contribution in [-0.2, 0) is 6.18 Å². The number of hydrogen-bond acceptors (Lipinski definition) is 2. The normalized spacial score (nSPS) is 15.8. The van der Waals surface area contributed by atoms with Crippen LogP contribution in [0.1, 0.15) is 37.5 Å². The predicted molar refractivity (Wildman–Crippen MR) is 63.8 cm³/mol. The molecule has 0 aliphatic heterocycles. The first-order chi connectivity index (χ1) is 8.23. The molecule has 1 aromatic rings. The molecule has 0 aliphatic rings. The molecule has 2 nitrogen and oxygen atoms in total. The quantitative estimate of drug-likeness (QED) is 0.874. The molecule has 0 saturated carbocycles. The number of halogens is 3. The van der Waals surface area contributed by atoms with Crippen molar-refractivity contribution >= 4 is 0 Å². The average Bonchev–Trinajstić information content (AvgIpc) is 2.26. The summed E-state index contributed by atoms with van der Waals surface area (Å²) in [6.07, 6.45) is -5.31. The number of nitrogens with two attached hydrogens (primary N) is 1. The molecule has 0 aromatic heterocycles. The lowest BCUT2D eigenvalue weighted by atomic mass is 9.92. The first-order valence-electron chi connectivity index (χ1n) is 5.83. The lowest BCUT2D eigenvalue weighted by molar-refractivity contribution is -0.139. The van der Waals surface area contributed by atoms with Crippen molar-refractivity contribution in [2.24, 2.45) is 11.7 Å². The highest BCUT2D eigenvalue weighted by atomic mass is 19.4. The molecular weight excluding hydrogens is 243 g/mol. The van der Waals surface area contributed by atoms with Crippen molar-refractivity contribution in [1.82, 2.24) is 0 Å². The van der Waals surface area contributed by atoms with Gasteiger partial charge in [-0.3, -0.25) is 0 Å². The Kier molecular flexibility index (Phi) is 4.76. The third kappa shape index (κ3) is 3.71. The van der Waals surface area contributed by atoms with Gasteiger partial charge in [-0.2, -0.15) is 13.2 Å². The molecule has 2 unspecified atom stereocenters. The third-order valence-electron chi connectivity index (χ3n) is 2.73. The van der Waals surface area contributed by atoms with Crippen molar-refractivity contribution in [1.29, 1.82) is 0 Å². The van der Waals surface area contributed by atoms with E-state index >= 15 is 0 Å². The van der Waals surface area contributed by atoms with E-state index in [-0.39, 0.29) is 11.5 Å². The van der Waals surface area contributed by atoms with Gasteiger partial charge < -0.3 is 10.8 Å². The van der Waals surface area contributed by atoms with E-state index in [0.717, 1.165) is 6.07 Å². The average molecular weight is 261 g/mol. The standard InChI is InChI=1S/C13H18F3NO/c1-8(2)7-11(17)12(18)9-5-3-4-6-10(9)13(14,15)16/h3-6,8,11-12,18H,7,17H2,1-2H3. The van der Waals surface area contributed by atoms with Crippen LogP contribution < -0.4 is 5.73 Å². The van der Waals surface area contributed by atoms with Crippen LogP contribution in [-0.4, -0.2) is 11.1 Å². The molecule has 2 atom stereocenters. The van der Waals surface area contributed by atoms with E-state index in [9.17, 15) is 18.3 Å². The molecular formula is C13H18F3NO. The second-order valence-corrected chi connectivity index (χ2v) is 4.82. The Morgan fingerprint density at radius 2 is 1.78 bits per heavy atom. The van der Waals surface area contributed by atoms with Gasteiger partial charge in [0.15, 0.2) is 0 Å². The summed E-state index contributed by atoms with van der Waals surface area (Å²) in [7, 11) is 0. The zero-order valence-corrected chi connectivity index (χ0v) is 10.4. The predicted octanol–water partition coefficient (Wildman–Crippen LogP) is 3.11. The zero-order chi connectivity index (χ0) is 13.9. The maximum absolute atomic E-state index is 12.8. The highest BCUT2D eigenvalue weighted by Gasteiger charge is 2.35. The minimum Gasteiger partial charge on any atom is -0.387 e.